The molecular formula is C24H26O2Zr. The van der Waals surface area contributed by atoms with Crippen molar-refractivity contribution in [1.82, 2.24) is 0 Å². The van der Waals surface area contributed by atoms with Crippen LogP contribution in [0, 0.1) is 26.0 Å². The normalized spacial score (nSPS) is 11.9. The topological polar surface area (TPSA) is 40.5 Å². The number of benzene rings is 2. The van der Waals surface area contributed by atoms with Crippen LogP contribution in [0.1, 0.15) is 24.0 Å². The first-order valence-electron chi connectivity index (χ1n) is 8.54. The monoisotopic (exact) mass is 436 g/mol. The minimum absolute atomic E-state index is 0. The van der Waals surface area contributed by atoms with Crippen LogP contribution in [0.2, 0.25) is 0 Å². The number of aryl methyl sites for hydroxylation is 2. The maximum atomic E-state index is 8.92. The summed E-state index contributed by atoms with van der Waals surface area (Å²) in [5, 5.41) is 17.8. The van der Waals surface area contributed by atoms with Crippen LogP contribution >= 0.6 is 0 Å². The number of hydrogen-bond acceptors (Lipinski definition) is 2. The Morgan fingerprint density at radius 3 is 1.19 bits per heavy atom. The van der Waals surface area contributed by atoms with Gasteiger partial charge in [0.05, 0.1) is 0 Å². The SMILES string of the molecule is Cc1ccccc1O.Cc1ccccc1O.[C-]1=CC=CC1.[C-]1=CC=CC1.[Zr+2]. The fourth-order valence-corrected chi connectivity index (χ4v) is 1.81. The van der Waals surface area contributed by atoms with Crippen LogP contribution in [-0.2, 0) is 26.2 Å². The van der Waals surface area contributed by atoms with E-state index in [0.717, 1.165) is 24.0 Å². The number of phenolic OH excluding ortho intramolecular Hbond substituents is 2. The average molecular weight is 438 g/mol. The van der Waals surface area contributed by atoms with E-state index in [2.05, 4.69) is 24.3 Å². The van der Waals surface area contributed by atoms with Gasteiger partial charge in [0, 0.05) is 0 Å². The van der Waals surface area contributed by atoms with Gasteiger partial charge in [-0.05, 0) is 37.1 Å². The summed E-state index contributed by atoms with van der Waals surface area (Å²) in [4.78, 5) is 0. The number of rotatable bonds is 0. The molecule has 0 saturated carbocycles. The van der Waals surface area contributed by atoms with Crippen LogP contribution in [0.25, 0.3) is 0 Å². The maximum Gasteiger partial charge on any atom is 2.00 e. The molecule has 0 radical (unpaired) electrons. The van der Waals surface area contributed by atoms with Gasteiger partial charge in [-0.15, -0.1) is 12.8 Å². The number of phenols is 2. The molecule has 27 heavy (non-hydrogen) atoms. The summed E-state index contributed by atoms with van der Waals surface area (Å²) in [7, 11) is 0. The zero-order valence-electron chi connectivity index (χ0n) is 15.9. The van der Waals surface area contributed by atoms with Gasteiger partial charge in [0.1, 0.15) is 11.5 Å². The van der Waals surface area contributed by atoms with E-state index in [9.17, 15) is 0 Å². The molecule has 0 amide bonds. The predicted molar refractivity (Wildman–Crippen MR) is 109 cm³/mol. The summed E-state index contributed by atoms with van der Waals surface area (Å²) in [6, 6.07) is 14.5. The van der Waals surface area contributed by atoms with Crippen molar-refractivity contribution in [3.05, 3.63) is 108 Å². The molecule has 0 aliphatic heterocycles. The molecule has 138 valence electrons. The first-order chi connectivity index (χ1) is 12.6. The van der Waals surface area contributed by atoms with E-state index in [0.29, 0.717) is 11.5 Å². The van der Waals surface area contributed by atoms with Gasteiger partial charge in [-0.25, -0.2) is 24.3 Å². The van der Waals surface area contributed by atoms with Crippen LogP contribution in [0.4, 0.5) is 0 Å². The number of allylic oxidation sites excluding steroid dienone is 8. The Hall–Kier alpha value is -2.12. The molecule has 2 aromatic rings. The largest absolute Gasteiger partial charge is 2.00 e. The molecule has 2 nitrogen and oxygen atoms in total. The van der Waals surface area contributed by atoms with E-state index in [1.165, 1.54) is 0 Å². The van der Waals surface area contributed by atoms with Crippen LogP contribution in [0.3, 0.4) is 0 Å². The van der Waals surface area contributed by atoms with Gasteiger partial charge >= 0.3 is 26.2 Å². The summed E-state index contributed by atoms with van der Waals surface area (Å²) in [5.74, 6) is 0.736. The molecule has 0 saturated heterocycles. The minimum Gasteiger partial charge on any atom is -0.508 e. The van der Waals surface area contributed by atoms with Crippen LogP contribution < -0.4 is 0 Å². The van der Waals surface area contributed by atoms with Gasteiger partial charge in [-0.1, -0.05) is 36.4 Å². The quantitative estimate of drug-likeness (QED) is 0.496. The first kappa shape index (κ1) is 24.9. The van der Waals surface area contributed by atoms with Gasteiger partial charge in [0.2, 0.25) is 0 Å². The van der Waals surface area contributed by atoms with Gasteiger partial charge in [0.15, 0.2) is 0 Å². The van der Waals surface area contributed by atoms with Crippen molar-refractivity contribution in [3.63, 3.8) is 0 Å². The molecule has 0 spiro atoms. The zero-order chi connectivity index (χ0) is 19.0. The molecule has 4 rings (SSSR count). The molecule has 2 aromatic carbocycles. The van der Waals surface area contributed by atoms with Gasteiger partial charge < -0.3 is 10.2 Å². The Morgan fingerprint density at radius 1 is 0.667 bits per heavy atom. The molecule has 0 unspecified atom stereocenters. The second-order valence-electron chi connectivity index (χ2n) is 5.58. The molecule has 2 aliphatic carbocycles. The van der Waals surface area contributed by atoms with Gasteiger partial charge in [-0.3, -0.25) is 12.2 Å². The van der Waals surface area contributed by atoms with Crippen LogP contribution in [0.15, 0.2) is 85.0 Å². The molecular weight excluding hydrogens is 411 g/mol. The Bertz CT molecular complexity index is 631. The van der Waals surface area contributed by atoms with E-state index in [1.54, 1.807) is 12.1 Å². The molecule has 2 aliphatic rings. The third kappa shape index (κ3) is 12.8. The summed E-state index contributed by atoms with van der Waals surface area (Å²) >= 11 is 0. The van der Waals surface area contributed by atoms with E-state index < -0.39 is 0 Å². The molecule has 2 N–H and O–H groups in total. The fourth-order valence-electron chi connectivity index (χ4n) is 1.81. The molecule has 0 bridgehead atoms. The summed E-state index contributed by atoms with van der Waals surface area (Å²) < 4.78 is 0. The van der Waals surface area contributed by atoms with Crippen molar-refractivity contribution in [2.75, 3.05) is 0 Å². The molecule has 3 heteroatoms. The van der Waals surface area contributed by atoms with E-state index >= 15 is 0 Å². The Kier molecular flexibility index (Phi) is 14.8. The Morgan fingerprint density at radius 2 is 1.04 bits per heavy atom. The first-order valence-corrected chi connectivity index (χ1v) is 8.54. The molecule has 0 fully saturated rings. The Labute approximate surface area is 182 Å². The molecule has 0 aromatic heterocycles. The minimum atomic E-state index is 0. The van der Waals surface area contributed by atoms with Crippen LogP contribution in [0.5, 0.6) is 11.5 Å². The smallest absolute Gasteiger partial charge is 0.508 e. The van der Waals surface area contributed by atoms with Crippen molar-refractivity contribution < 1.29 is 36.4 Å². The van der Waals surface area contributed by atoms with E-state index in [4.69, 9.17) is 10.2 Å². The standard InChI is InChI=1S/2C7H8O.2C5H5.Zr/c2*1-6-4-2-3-5-7(6)8;2*1-2-4-5-3-1;/h2*2-5,8H,1H3;2*1-3H,4H2;/q;;2*-1;+2. The third-order valence-electron chi connectivity index (χ3n) is 3.40. The van der Waals surface area contributed by atoms with Crippen molar-refractivity contribution in [2.45, 2.75) is 26.7 Å². The van der Waals surface area contributed by atoms with Gasteiger partial charge in [-0.2, -0.15) is 12.2 Å². The second-order valence-corrected chi connectivity index (χ2v) is 5.58. The average Bonchev–Trinajstić information content (AvgIpc) is 3.39. The van der Waals surface area contributed by atoms with Crippen LogP contribution in [-0.4, -0.2) is 10.2 Å². The summed E-state index contributed by atoms with van der Waals surface area (Å²) in [6.45, 7) is 3.74. The molecule has 0 heterocycles. The van der Waals surface area contributed by atoms with Crippen molar-refractivity contribution >= 4 is 0 Å². The van der Waals surface area contributed by atoms with E-state index in [-0.39, 0.29) is 26.2 Å². The third-order valence-corrected chi connectivity index (χ3v) is 3.40. The summed E-state index contributed by atoms with van der Waals surface area (Å²) in [6.07, 6.45) is 20.0. The predicted octanol–water partition coefficient (Wildman–Crippen LogP) is 6.01. The zero-order valence-corrected chi connectivity index (χ0v) is 18.3. The van der Waals surface area contributed by atoms with E-state index in [1.807, 2.05) is 74.5 Å². The van der Waals surface area contributed by atoms with Crippen molar-refractivity contribution in [1.29, 1.82) is 0 Å². The number of aromatic hydroxyl groups is 2. The fraction of sp³-hybridized carbons (Fsp3) is 0.167. The number of para-hydroxylation sites is 2. The maximum absolute atomic E-state index is 8.92. The second kappa shape index (κ2) is 16.1. The Balaban J connectivity index is 0.000000337. The van der Waals surface area contributed by atoms with Gasteiger partial charge in [0.25, 0.3) is 0 Å². The number of hydrogen-bond donors (Lipinski definition) is 2. The summed E-state index contributed by atoms with van der Waals surface area (Å²) in [5.41, 5.74) is 1.85. The van der Waals surface area contributed by atoms with Crippen molar-refractivity contribution in [3.8, 4) is 11.5 Å². The molecule has 0 atom stereocenters. The van der Waals surface area contributed by atoms with Crippen molar-refractivity contribution in [2.24, 2.45) is 0 Å².